The van der Waals surface area contributed by atoms with Crippen LogP contribution in [0.4, 0.5) is 0 Å². The minimum atomic E-state index is -0.582. The molecule has 4 aliphatic rings. The number of nitrogens with one attached hydrogen (secondary N) is 1. The highest BCUT2D eigenvalue weighted by Gasteiger charge is 2.47. The summed E-state index contributed by atoms with van der Waals surface area (Å²) >= 11 is 0. The number of aliphatic carboxylic acids is 1. The monoisotopic (exact) mass is 456 g/mol. The maximum absolute atomic E-state index is 11.7. The summed E-state index contributed by atoms with van der Waals surface area (Å²) < 4.78 is 6.43. The number of ether oxygens (including phenoxy) is 1. The minimum Gasteiger partial charge on any atom is -0.481 e. The molecule has 0 bridgehead atoms. The Kier molecular flexibility index (Phi) is 8.84. The van der Waals surface area contributed by atoms with Crippen LogP contribution in [0.15, 0.2) is 36.4 Å². The zero-order chi connectivity index (χ0) is 23.0. The average Bonchev–Trinajstić information content (AvgIpc) is 3.67. The number of carboxylic acids is 1. The van der Waals surface area contributed by atoms with E-state index >= 15 is 0 Å². The summed E-state index contributed by atoms with van der Waals surface area (Å²) in [5.41, 5.74) is -0.211. The second kappa shape index (κ2) is 11.8. The maximum atomic E-state index is 11.7. The van der Waals surface area contributed by atoms with Gasteiger partial charge in [0.2, 0.25) is 0 Å². The van der Waals surface area contributed by atoms with Crippen LogP contribution in [0.3, 0.4) is 0 Å². The fraction of sp³-hybridized carbons (Fsp3) is 0.750. The lowest BCUT2D eigenvalue weighted by Crippen LogP contribution is -2.53. The number of hydrogen-bond acceptors (Lipinski definition) is 4. The lowest BCUT2D eigenvalue weighted by atomic mass is 9.68. The van der Waals surface area contributed by atoms with Crippen LogP contribution in [0, 0.1) is 10.8 Å². The Morgan fingerprint density at radius 1 is 0.879 bits per heavy atom. The molecule has 2 N–H and O–H groups in total. The van der Waals surface area contributed by atoms with Crippen molar-refractivity contribution in [3.63, 3.8) is 0 Å². The fourth-order valence-electron chi connectivity index (χ4n) is 5.59. The van der Waals surface area contributed by atoms with E-state index in [1.807, 2.05) is 36.4 Å². The lowest BCUT2D eigenvalue weighted by Gasteiger charge is -2.47. The zero-order valence-corrected chi connectivity index (χ0v) is 20.4. The van der Waals surface area contributed by atoms with Crippen LogP contribution in [0.2, 0.25) is 0 Å². The Morgan fingerprint density at radius 2 is 1.48 bits per heavy atom. The van der Waals surface area contributed by atoms with Crippen molar-refractivity contribution in [2.75, 3.05) is 32.8 Å². The molecule has 5 nitrogen and oxygen atoms in total. The average molecular weight is 457 g/mol. The Morgan fingerprint density at radius 3 is 1.97 bits per heavy atom. The third-order valence-electron chi connectivity index (χ3n) is 8.39. The molecule has 4 fully saturated rings. The molecule has 0 aromatic heterocycles. The molecule has 5 rings (SSSR count). The highest BCUT2D eigenvalue weighted by molar-refractivity contribution is 5.76. The van der Waals surface area contributed by atoms with E-state index in [0.717, 1.165) is 70.9 Å². The van der Waals surface area contributed by atoms with Crippen LogP contribution in [0.5, 0.6) is 0 Å². The van der Waals surface area contributed by atoms with E-state index in [2.05, 4.69) is 10.2 Å². The van der Waals surface area contributed by atoms with Crippen molar-refractivity contribution in [3.05, 3.63) is 36.4 Å². The van der Waals surface area contributed by atoms with E-state index in [1.54, 1.807) is 0 Å². The quantitative estimate of drug-likeness (QED) is 0.541. The third-order valence-corrected chi connectivity index (χ3v) is 8.39. The van der Waals surface area contributed by atoms with Gasteiger partial charge in [-0.3, -0.25) is 4.79 Å². The predicted molar refractivity (Wildman–Crippen MR) is 132 cm³/mol. The van der Waals surface area contributed by atoms with Crippen molar-refractivity contribution >= 4 is 5.97 Å². The molecule has 3 saturated carbocycles. The second-order valence-corrected chi connectivity index (χ2v) is 11.1. The van der Waals surface area contributed by atoms with E-state index in [9.17, 15) is 9.90 Å². The second-order valence-electron chi connectivity index (χ2n) is 11.1. The Balaban J connectivity index is 0.000000376. The fourth-order valence-corrected chi connectivity index (χ4v) is 5.59. The van der Waals surface area contributed by atoms with Crippen molar-refractivity contribution in [2.45, 2.75) is 89.2 Å². The molecule has 33 heavy (non-hydrogen) atoms. The predicted octanol–water partition coefficient (Wildman–Crippen LogP) is 5.11. The lowest BCUT2D eigenvalue weighted by molar-refractivity contribution is -0.157. The molecule has 0 spiro atoms. The number of hydrogen-bond donors (Lipinski definition) is 2. The smallest absolute Gasteiger partial charge is 0.310 e. The molecule has 0 unspecified atom stereocenters. The number of carbonyl (C=O) groups is 1. The van der Waals surface area contributed by atoms with E-state index in [-0.39, 0.29) is 5.41 Å². The van der Waals surface area contributed by atoms with Gasteiger partial charge in [0.25, 0.3) is 0 Å². The van der Waals surface area contributed by atoms with Gasteiger partial charge in [-0.2, -0.15) is 0 Å². The van der Waals surface area contributed by atoms with Gasteiger partial charge in [0, 0.05) is 24.5 Å². The topological polar surface area (TPSA) is 61.8 Å². The SMILES string of the molecule is O=C(O)C1(CN2CCC(CNC3CC3)(COC3CCCCC3)CC2)CCC1.c1ccccc1. The summed E-state index contributed by atoms with van der Waals surface area (Å²) in [6, 6.07) is 12.7. The molecule has 0 amide bonds. The van der Waals surface area contributed by atoms with E-state index in [1.165, 1.54) is 44.9 Å². The van der Waals surface area contributed by atoms with Gasteiger partial charge < -0.3 is 20.1 Å². The zero-order valence-electron chi connectivity index (χ0n) is 20.4. The Bertz CT molecular complexity index is 676. The maximum Gasteiger partial charge on any atom is 0.310 e. The molecule has 5 heteroatoms. The van der Waals surface area contributed by atoms with Crippen LogP contribution >= 0.6 is 0 Å². The highest BCUT2D eigenvalue weighted by atomic mass is 16.5. The van der Waals surface area contributed by atoms with Crippen LogP contribution in [-0.4, -0.2) is 60.9 Å². The van der Waals surface area contributed by atoms with Gasteiger partial charge in [0.05, 0.1) is 18.1 Å². The molecule has 1 aromatic carbocycles. The molecule has 0 atom stereocenters. The van der Waals surface area contributed by atoms with Crippen LogP contribution < -0.4 is 5.32 Å². The summed E-state index contributed by atoms with van der Waals surface area (Å²) in [5, 5.41) is 13.4. The first-order valence-electron chi connectivity index (χ1n) is 13.4. The molecule has 3 aliphatic carbocycles. The van der Waals surface area contributed by atoms with Crippen molar-refractivity contribution in [1.82, 2.24) is 10.2 Å². The van der Waals surface area contributed by atoms with E-state index in [4.69, 9.17) is 4.74 Å². The molecular formula is C28H44N2O3. The highest BCUT2D eigenvalue weighted by Crippen LogP contribution is 2.43. The largest absolute Gasteiger partial charge is 0.481 e. The minimum absolute atomic E-state index is 0.243. The van der Waals surface area contributed by atoms with Crippen LogP contribution in [0.25, 0.3) is 0 Å². The molecule has 0 radical (unpaired) electrons. The van der Waals surface area contributed by atoms with Crippen LogP contribution in [0.1, 0.15) is 77.0 Å². The number of carboxylic acid groups (broad SMARTS) is 1. The summed E-state index contributed by atoms with van der Waals surface area (Å²) in [7, 11) is 0. The molecule has 1 aliphatic heterocycles. The number of piperidine rings is 1. The Labute approximate surface area is 200 Å². The summed E-state index contributed by atoms with van der Waals surface area (Å²) in [6.45, 7) is 4.75. The standard InChI is InChI=1S/C22H38N2O3.C6H6/c25-20(26)22(9-4-10-22)16-24-13-11-21(12-14-24,15-23-18-7-8-18)17-27-19-5-2-1-3-6-19;1-2-4-6-5-3-1/h18-19,23H,1-17H2,(H,25,26);1-6H. The summed E-state index contributed by atoms with van der Waals surface area (Å²) in [4.78, 5) is 14.1. The van der Waals surface area contributed by atoms with Gasteiger partial charge in [-0.05, 0) is 64.5 Å². The van der Waals surface area contributed by atoms with Gasteiger partial charge in [-0.1, -0.05) is 62.1 Å². The van der Waals surface area contributed by atoms with Gasteiger partial charge in [-0.25, -0.2) is 0 Å². The number of nitrogens with zero attached hydrogens (tertiary/aromatic N) is 1. The van der Waals surface area contributed by atoms with Crippen molar-refractivity contribution in [2.24, 2.45) is 10.8 Å². The van der Waals surface area contributed by atoms with Crippen molar-refractivity contribution < 1.29 is 14.6 Å². The summed E-state index contributed by atoms with van der Waals surface area (Å²) in [5.74, 6) is -0.582. The molecule has 1 saturated heterocycles. The number of likely N-dealkylation sites (tertiary alicyclic amines) is 1. The molecule has 184 valence electrons. The van der Waals surface area contributed by atoms with E-state index < -0.39 is 11.4 Å². The number of rotatable bonds is 9. The first kappa shape index (κ1) is 24.7. The third kappa shape index (κ3) is 7.27. The van der Waals surface area contributed by atoms with Gasteiger partial charge in [-0.15, -0.1) is 0 Å². The van der Waals surface area contributed by atoms with Crippen molar-refractivity contribution in [3.8, 4) is 0 Å². The van der Waals surface area contributed by atoms with Gasteiger partial charge in [0.1, 0.15) is 0 Å². The van der Waals surface area contributed by atoms with Gasteiger partial charge >= 0.3 is 5.97 Å². The van der Waals surface area contributed by atoms with Crippen LogP contribution in [-0.2, 0) is 9.53 Å². The molecular weight excluding hydrogens is 412 g/mol. The number of benzene rings is 1. The first-order chi connectivity index (χ1) is 16.1. The molecule has 1 heterocycles. The Hall–Kier alpha value is -1.43. The van der Waals surface area contributed by atoms with E-state index in [0.29, 0.717) is 6.10 Å². The normalized spacial score (nSPS) is 24.8. The first-order valence-corrected chi connectivity index (χ1v) is 13.4. The van der Waals surface area contributed by atoms with Gasteiger partial charge in [0.15, 0.2) is 0 Å². The van der Waals surface area contributed by atoms with Crippen molar-refractivity contribution in [1.29, 1.82) is 0 Å². The summed E-state index contributed by atoms with van der Waals surface area (Å²) in [6.07, 6.45) is 14.7. The molecule has 1 aromatic rings.